The van der Waals surface area contributed by atoms with Gasteiger partial charge in [0.15, 0.2) is 17.7 Å². The summed E-state index contributed by atoms with van der Waals surface area (Å²) in [6.45, 7) is 3.45. The van der Waals surface area contributed by atoms with Crippen molar-refractivity contribution >= 4 is 12.1 Å². The van der Waals surface area contributed by atoms with E-state index in [0.717, 1.165) is 0 Å². The van der Waals surface area contributed by atoms with E-state index < -0.39 is 18.0 Å². The zero-order valence-electron chi connectivity index (χ0n) is 7.44. The number of fused-ring (bicyclic) bond motifs is 1. The summed E-state index contributed by atoms with van der Waals surface area (Å²) in [5, 5.41) is 0. The Bertz CT molecular complexity index is 303. The summed E-state index contributed by atoms with van der Waals surface area (Å²) in [5.74, 6) is -0.953. The average molecular weight is 182 g/mol. The highest BCUT2D eigenvalue weighted by molar-refractivity contribution is 6.04. The van der Waals surface area contributed by atoms with E-state index in [-0.39, 0.29) is 5.78 Å². The Labute approximate surface area is 75.5 Å². The van der Waals surface area contributed by atoms with Crippen molar-refractivity contribution in [3.8, 4) is 0 Å². The monoisotopic (exact) mass is 182 g/mol. The molecule has 70 valence electrons. The van der Waals surface area contributed by atoms with E-state index >= 15 is 0 Å². The van der Waals surface area contributed by atoms with Crippen LogP contribution in [0.4, 0.5) is 0 Å². The molecule has 4 nitrogen and oxygen atoms in total. The van der Waals surface area contributed by atoms with Crippen molar-refractivity contribution in [2.24, 2.45) is 0 Å². The van der Waals surface area contributed by atoms with Gasteiger partial charge in [-0.25, -0.2) is 0 Å². The lowest BCUT2D eigenvalue weighted by atomic mass is 10.2. The molecule has 0 aromatic rings. The molecule has 1 aliphatic carbocycles. The second-order valence-corrected chi connectivity index (χ2v) is 3.64. The van der Waals surface area contributed by atoms with Crippen LogP contribution >= 0.6 is 0 Å². The minimum Gasteiger partial charge on any atom is -0.339 e. The predicted molar refractivity (Wildman–Crippen MR) is 43.0 cm³/mol. The number of hydrogen-bond donors (Lipinski definition) is 0. The van der Waals surface area contributed by atoms with Gasteiger partial charge in [-0.2, -0.15) is 0 Å². The summed E-state index contributed by atoms with van der Waals surface area (Å²) in [4.78, 5) is 21.8. The van der Waals surface area contributed by atoms with Crippen LogP contribution in [0.3, 0.4) is 0 Å². The first-order chi connectivity index (χ1) is 6.03. The summed E-state index contributed by atoms with van der Waals surface area (Å²) >= 11 is 0. The lowest BCUT2D eigenvalue weighted by molar-refractivity contribution is -0.153. The van der Waals surface area contributed by atoms with Crippen LogP contribution in [0.25, 0.3) is 0 Å². The van der Waals surface area contributed by atoms with Crippen molar-refractivity contribution in [2.45, 2.75) is 31.8 Å². The number of aldehydes is 1. The van der Waals surface area contributed by atoms with Crippen LogP contribution in [0.5, 0.6) is 0 Å². The Kier molecular flexibility index (Phi) is 1.65. The van der Waals surface area contributed by atoms with E-state index in [0.29, 0.717) is 11.9 Å². The third-order valence-electron chi connectivity index (χ3n) is 2.15. The maximum atomic E-state index is 11.3. The third-order valence-corrected chi connectivity index (χ3v) is 2.15. The van der Waals surface area contributed by atoms with Gasteiger partial charge in [-0.05, 0) is 19.9 Å². The minimum absolute atomic E-state index is 0.183. The average Bonchev–Trinajstić information content (AvgIpc) is 2.47. The van der Waals surface area contributed by atoms with Crippen LogP contribution in [0.2, 0.25) is 0 Å². The first-order valence-corrected chi connectivity index (χ1v) is 4.10. The normalized spacial score (nSPS) is 35.8. The molecule has 1 heterocycles. The fraction of sp³-hybridized carbons (Fsp3) is 0.556. The first kappa shape index (κ1) is 8.59. The summed E-state index contributed by atoms with van der Waals surface area (Å²) in [6.07, 6.45) is 0.820. The molecule has 0 aromatic heterocycles. The van der Waals surface area contributed by atoms with Gasteiger partial charge in [0.25, 0.3) is 0 Å². The van der Waals surface area contributed by atoms with E-state index in [1.165, 1.54) is 6.08 Å². The second-order valence-electron chi connectivity index (χ2n) is 3.64. The molecule has 13 heavy (non-hydrogen) atoms. The Morgan fingerprint density at radius 1 is 1.38 bits per heavy atom. The number of hydrogen-bond acceptors (Lipinski definition) is 4. The van der Waals surface area contributed by atoms with Crippen LogP contribution in [0.15, 0.2) is 11.6 Å². The van der Waals surface area contributed by atoms with Gasteiger partial charge >= 0.3 is 0 Å². The van der Waals surface area contributed by atoms with Crippen molar-refractivity contribution in [3.05, 3.63) is 11.6 Å². The van der Waals surface area contributed by atoms with Gasteiger partial charge in [-0.3, -0.25) is 9.59 Å². The Morgan fingerprint density at radius 3 is 2.62 bits per heavy atom. The summed E-state index contributed by atoms with van der Waals surface area (Å²) in [6, 6.07) is 0. The van der Waals surface area contributed by atoms with Crippen molar-refractivity contribution in [1.82, 2.24) is 0 Å². The maximum absolute atomic E-state index is 11.3. The number of ether oxygens (including phenoxy) is 2. The van der Waals surface area contributed by atoms with Crippen LogP contribution in [-0.4, -0.2) is 30.1 Å². The van der Waals surface area contributed by atoms with Crippen molar-refractivity contribution in [2.75, 3.05) is 0 Å². The fourth-order valence-electron chi connectivity index (χ4n) is 1.64. The first-order valence-electron chi connectivity index (χ1n) is 4.10. The molecule has 1 fully saturated rings. The van der Waals surface area contributed by atoms with Gasteiger partial charge in [-0.15, -0.1) is 0 Å². The molecule has 0 spiro atoms. The van der Waals surface area contributed by atoms with E-state index in [4.69, 9.17) is 9.47 Å². The quantitative estimate of drug-likeness (QED) is 0.544. The van der Waals surface area contributed by atoms with Crippen molar-refractivity contribution in [1.29, 1.82) is 0 Å². The van der Waals surface area contributed by atoms with E-state index in [9.17, 15) is 9.59 Å². The molecular formula is C9H10O4. The van der Waals surface area contributed by atoms with Crippen molar-refractivity contribution < 1.29 is 19.1 Å². The van der Waals surface area contributed by atoms with Crippen LogP contribution < -0.4 is 0 Å². The smallest absolute Gasteiger partial charge is 0.188 e. The lowest BCUT2D eigenvalue weighted by Gasteiger charge is -2.17. The molecule has 0 radical (unpaired) electrons. The van der Waals surface area contributed by atoms with Gasteiger partial charge in [0.05, 0.1) is 0 Å². The maximum Gasteiger partial charge on any atom is 0.188 e. The summed E-state index contributed by atoms with van der Waals surface area (Å²) in [7, 11) is 0. The Morgan fingerprint density at radius 2 is 2.00 bits per heavy atom. The van der Waals surface area contributed by atoms with Crippen LogP contribution in [0.1, 0.15) is 13.8 Å². The lowest BCUT2D eigenvalue weighted by Crippen LogP contribution is -2.25. The Hall–Kier alpha value is -1.00. The zero-order valence-corrected chi connectivity index (χ0v) is 7.44. The molecule has 0 aromatic carbocycles. The fourth-order valence-corrected chi connectivity index (χ4v) is 1.64. The molecule has 1 saturated heterocycles. The van der Waals surface area contributed by atoms with Gasteiger partial charge in [-0.1, -0.05) is 0 Å². The summed E-state index contributed by atoms with van der Waals surface area (Å²) in [5.41, 5.74) is 0.376. The number of ketones is 1. The molecule has 2 atom stereocenters. The van der Waals surface area contributed by atoms with E-state index in [1.807, 2.05) is 0 Å². The number of carbonyl (C=O) groups is 2. The summed E-state index contributed by atoms with van der Waals surface area (Å²) < 4.78 is 10.7. The van der Waals surface area contributed by atoms with Gasteiger partial charge in [0.1, 0.15) is 12.4 Å². The van der Waals surface area contributed by atoms with Gasteiger partial charge in [0.2, 0.25) is 0 Å². The zero-order chi connectivity index (χ0) is 9.64. The van der Waals surface area contributed by atoms with Crippen LogP contribution in [-0.2, 0) is 19.1 Å². The SMILES string of the molecule is CC1(C)O[C@@H]2C(C=O)=CC(=O)[C@@H]2O1. The molecule has 0 N–H and O–H groups in total. The highest BCUT2D eigenvalue weighted by atomic mass is 16.8. The van der Waals surface area contributed by atoms with E-state index in [1.54, 1.807) is 13.8 Å². The van der Waals surface area contributed by atoms with Gasteiger partial charge < -0.3 is 9.47 Å². The molecular weight excluding hydrogens is 172 g/mol. The second kappa shape index (κ2) is 2.49. The molecule has 4 heteroatoms. The highest BCUT2D eigenvalue weighted by Crippen LogP contribution is 2.35. The minimum atomic E-state index is -0.770. The largest absolute Gasteiger partial charge is 0.339 e. The molecule has 0 saturated carbocycles. The molecule has 2 aliphatic rings. The number of rotatable bonds is 1. The molecule has 2 rings (SSSR count). The van der Waals surface area contributed by atoms with Crippen LogP contribution in [0, 0.1) is 0 Å². The van der Waals surface area contributed by atoms with E-state index in [2.05, 4.69) is 0 Å². The molecule has 0 bridgehead atoms. The van der Waals surface area contributed by atoms with Gasteiger partial charge in [0, 0.05) is 5.57 Å². The third kappa shape index (κ3) is 1.22. The molecule has 0 amide bonds. The Balaban J connectivity index is 2.29. The highest BCUT2D eigenvalue weighted by Gasteiger charge is 2.49. The van der Waals surface area contributed by atoms with Crippen molar-refractivity contribution in [3.63, 3.8) is 0 Å². The molecule has 0 unspecified atom stereocenters. The topological polar surface area (TPSA) is 52.6 Å². The standard InChI is InChI=1S/C9H10O4/c1-9(2)12-7-5(4-10)3-6(11)8(7)13-9/h3-4,7-8H,1-2H3/t7-,8+/m1/s1. The number of carbonyl (C=O) groups excluding carboxylic acids is 2. The molecule has 1 aliphatic heterocycles. The predicted octanol–water partition coefficient (Wildman–Crippen LogP) is 0.214.